The summed E-state index contributed by atoms with van der Waals surface area (Å²) >= 11 is 0. The SMILES string of the molecule is CCC[C@@H](CCCNCC1CC1)OC. The zero-order valence-electron chi connectivity index (χ0n) is 9.72. The van der Waals surface area contributed by atoms with E-state index in [2.05, 4.69) is 12.2 Å². The molecule has 0 bridgehead atoms. The summed E-state index contributed by atoms with van der Waals surface area (Å²) < 4.78 is 5.40. The summed E-state index contributed by atoms with van der Waals surface area (Å²) in [5, 5.41) is 3.51. The average Bonchev–Trinajstić information content (AvgIpc) is 2.99. The van der Waals surface area contributed by atoms with Crippen molar-refractivity contribution < 1.29 is 4.74 Å². The third-order valence-electron chi connectivity index (χ3n) is 2.95. The Bertz CT molecular complexity index is 134. The fraction of sp³-hybridized carbons (Fsp3) is 1.00. The van der Waals surface area contributed by atoms with Gasteiger partial charge in [0.1, 0.15) is 0 Å². The predicted molar refractivity (Wildman–Crippen MR) is 60.5 cm³/mol. The van der Waals surface area contributed by atoms with Gasteiger partial charge in [0.05, 0.1) is 6.10 Å². The molecule has 0 aromatic carbocycles. The van der Waals surface area contributed by atoms with E-state index in [9.17, 15) is 0 Å². The minimum atomic E-state index is 0.489. The topological polar surface area (TPSA) is 21.3 Å². The first-order valence-corrected chi connectivity index (χ1v) is 6.10. The van der Waals surface area contributed by atoms with Crippen LogP contribution in [0.15, 0.2) is 0 Å². The molecule has 0 aliphatic heterocycles. The van der Waals surface area contributed by atoms with Crippen molar-refractivity contribution in [1.29, 1.82) is 0 Å². The molecule has 84 valence electrons. The van der Waals surface area contributed by atoms with Gasteiger partial charge in [0, 0.05) is 7.11 Å². The van der Waals surface area contributed by atoms with E-state index in [1.807, 2.05) is 7.11 Å². The van der Waals surface area contributed by atoms with E-state index in [1.54, 1.807) is 0 Å². The van der Waals surface area contributed by atoms with Gasteiger partial charge >= 0.3 is 0 Å². The van der Waals surface area contributed by atoms with Gasteiger partial charge in [-0.15, -0.1) is 0 Å². The van der Waals surface area contributed by atoms with Crippen molar-refractivity contribution in [3.63, 3.8) is 0 Å². The Morgan fingerprint density at radius 3 is 2.71 bits per heavy atom. The molecule has 14 heavy (non-hydrogen) atoms. The smallest absolute Gasteiger partial charge is 0.0571 e. The lowest BCUT2D eigenvalue weighted by Gasteiger charge is -2.14. The Morgan fingerprint density at radius 2 is 2.14 bits per heavy atom. The zero-order valence-corrected chi connectivity index (χ0v) is 9.72. The molecular formula is C12H25NO. The molecule has 0 saturated heterocycles. The van der Waals surface area contributed by atoms with Crippen LogP contribution < -0.4 is 5.32 Å². The van der Waals surface area contributed by atoms with Crippen LogP contribution in [0.4, 0.5) is 0 Å². The molecule has 1 aliphatic rings. The van der Waals surface area contributed by atoms with Gasteiger partial charge in [-0.05, 0) is 51.1 Å². The Morgan fingerprint density at radius 1 is 1.36 bits per heavy atom. The minimum Gasteiger partial charge on any atom is -0.381 e. The molecule has 1 N–H and O–H groups in total. The minimum absolute atomic E-state index is 0.489. The van der Waals surface area contributed by atoms with Gasteiger partial charge in [0.15, 0.2) is 0 Å². The maximum absolute atomic E-state index is 5.40. The van der Waals surface area contributed by atoms with Gasteiger partial charge in [-0.3, -0.25) is 0 Å². The maximum atomic E-state index is 5.40. The Balaban J connectivity index is 1.84. The predicted octanol–water partition coefficient (Wildman–Crippen LogP) is 2.58. The summed E-state index contributed by atoms with van der Waals surface area (Å²) in [5.74, 6) is 1.00. The molecule has 0 heterocycles. The van der Waals surface area contributed by atoms with Crippen LogP contribution in [0.25, 0.3) is 0 Å². The number of hydrogen-bond donors (Lipinski definition) is 1. The molecule has 0 aromatic heterocycles. The lowest BCUT2D eigenvalue weighted by atomic mass is 10.1. The molecule has 1 atom stereocenters. The van der Waals surface area contributed by atoms with Gasteiger partial charge in [-0.1, -0.05) is 13.3 Å². The lowest BCUT2D eigenvalue weighted by molar-refractivity contribution is 0.0856. The summed E-state index contributed by atoms with van der Waals surface area (Å²) in [7, 11) is 1.83. The highest BCUT2D eigenvalue weighted by Gasteiger charge is 2.19. The van der Waals surface area contributed by atoms with Crippen molar-refractivity contribution in [2.45, 2.75) is 51.6 Å². The van der Waals surface area contributed by atoms with Crippen molar-refractivity contribution >= 4 is 0 Å². The van der Waals surface area contributed by atoms with Crippen LogP contribution in [0, 0.1) is 5.92 Å². The summed E-state index contributed by atoms with van der Waals surface area (Å²) in [4.78, 5) is 0. The largest absolute Gasteiger partial charge is 0.381 e. The van der Waals surface area contributed by atoms with Crippen molar-refractivity contribution in [1.82, 2.24) is 5.32 Å². The highest BCUT2D eigenvalue weighted by Crippen LogP contribution is 2.27. The fourth-order valence-electron chi connectivity index (χ4n) is 1.78. The van der Waals surface area contributed by atoms with Crippen LogP contribution in [-0.2, 0) is 4.74 Å². The number of hydrogen-bond acceptors (Lipinski definition) is 2. The van der Waals surface area contributed by atoms with E-state index >= 15 is 0 Å². The standard InChI is InChI=1S/C12H25NO/c1-3-5-12(14-2)6-4-9-13-10-11-7-8-11/h11-13H,3-10H2,1-2H3/t12-/m0/s1. The van der Waals surface area contributed by atoms with Gasteiger partial charge in [-0.25, -0.2) is 0 Å². The second-order valence-corrected chi connectivity index (χ2v) is 4.44. The van der Waals surface area contributed by atoms with Crippen LogP contribution in [0.1, 0.15) is 45.4 Å². The molecule has 1 saturated carbocycles. The van der Waals surface area contributed by atoms with Crippen molar-refractivity contribution in [3.8, 4) is 0 Å². The van der Waals surface area contributed by atoms with Crippen molar-refractivity contribution in [2.75, 3.05) is 20.2 Å². The Labute approximate surface area is 88.4 Å². The van der Waals surface area contributed by atoms with E-state index in [1.165, 1.54) is 51.6 Å². The average molecular weight is 199 g/mol. The molecule has 2 nitrogen and oxygen atoms in total. The molecule has 0 radical (unpaired) electrons. The van der Waals surface area contributed by atoms with Gasteiger partial charge in [-0.2, -0.15) is 0 Å². The Kier molecular flexibility index (Phi) is 6.20. The van der Waals surface area contributed by atoms with Crippen LogP contribution in [-0.4, -0.2) is 26.3 Å². The first-order chi connectivity index (χ1) is 6.86. The second kappa shape index (κ2) is 7.24. The third kappa shape index (κ3) is 5.61. The van der Waals surface area contributed by atoms with E-state index in [4.69, 9.17) is 4.74 Å². The number of methoxy groups -OCH3 is 1. The van der Waals surface area contributed by atoms with Crippen LogP contribution >= 0.6 is 0 Å². The van der Waals surface area contributed by atoms with Crippen LogP contribution in [0.5, 0.6) is 0 Å². The van der Waals surface area contributed by atoms with Crippen LogP contribution in [0.3, 0.4) is 0 Å². The third-order valence-corrected chi connectivity index (χ3v) is 2.95. The molecule has 0 aromatic rings. The number of nitrogens with one attached hydrogen (secondary N) is 1. The summed E-state index contributed by atoms with van der Waals surface area (Å²) in [6, 6.07) is 0. The van der Waals surface area contributed by atoms with Crippen molar-refractivity contribution in [3.05, 3.63) is 0 Å². The molecule has 0 unspecified atom stereocenters. The quantitative estimate of drug-likeness (QED) is 0.576. The molecule has 0 spiro atoms. The number of ether oxygens (including phenoxy) is 1. The summed E-state index contributed by atoms with van der Waals surface area (Å²) in [5.41, 5.74) is 0. The normalized spacial score (nSPS) is 18.4. The fourth-order valence-corrected chi connectivity index (χ4v) is 1.78. The first-order valence-electron chi connectivity index (χ1n) is 6.10. The lowest BCUT2D eigenvalue weighted by Crippen LogP contribution is -2.20. The molecule has 2 heteroatoms. The molecule has 1 aliphatic carbocycles. The highest BCUT2D eigenvalue weighted by molar-refractivity contribution is 4.75. The second-order valence-electron chi connectivity index (χ2n) is 4.44. The monoisotopic (exact) mass is 199 g/mol. The van der Waals surface area contributed by atoms with E-state index < -0.39 is 0 Å². The Hall–Kier alpha value is -0.0800. The highest BCUT2D eigenvalue weighted by atomic mass is 16.5. The summed E-state index contributed by atoms with van der Waals surface area (Å²) in [6.07, 6.45) is 8.29. The van der Waals surface area contributed by atoms with Gasteiger partial charge in [0.25, 0.3) is 0 Å². The number of rotatable bonds is 9. The maximum Gasteiger partial charge on any atom is 0.0571 e. The molecule has 1 fully saturated rings. The van der Waals surface area contributed by atoms with E-state index in [0.717, 1.165) is 5.92 Å². The van der Waals surface area contributed by atoms with Gasteiger partial charge < -0.3 is 10.1 Å². The first kappa shape index (κ1) is 12.0. The zero-order chi connectivity index (χ0) is 10.2. The van der Waals surface area contributed by atoms with E-state index in [-0.39, 0.29) is 0 Å². The summed E-state index contributed by atoms with van der Waals surface area (Å²) in [6.45, 7) is 4.63. The van der Waals surface area contributed by atoms with E-state index in [0.29, 0.717) is 6.10 Å². The van der Waals surface area contributed by atoms with Crippen LogP contribution in [0.2, 0.25) is 0 Å². The van der Waals surface area contributed by atoms with Crippen molar-refractivity contribution in [2.24, 2.45) is 5.92 Å². The molecule has 0 amide bonds. The molecule has 1 rings (SSSR count). The molecular weight excluding hydrogens is 174 g/mol. The van der Waals surface area contributed by atoms with Gasteiger partial charge in [0.2, 0.25) is 0 Å².